The Morgan fingerprint density at radius 3 is 2.42 bits per heavy atom. The van der Waals surface area contributed by atoms with Crippen LogP contribution >= 0.6 is 0 Å². The quantitative estimate of drug-likeness (QED) is 0.509. The molecule has 1 aliphatic heterocycles. The number of amides is 1. The molecule has 0 unspecified atom stereocenters. The number of carbonyl (C=O) groups is 1. The minimum Gasteiger partial charge on any atom is -0.339 e. The van der Waals surface area contributed by atoms with E-state index in [-0.39, 0.29) is 5.91 Å². The molecule has 0 aromatic carbocycles. The molecule has 1 aliphatic rings. The molecule has 0 saturated heterocycles. The summed E-state index contributed by atoms with van der Waals surface area (Å²) in [5.74, 6) is 0.184. The Bertz CT molecular complexity index is 173. The molecule has 0 spiro atoms. The number of nitrogens with zero attached hydrogens (tertiary/aromatic N) is 1. The van der Waals surface area contributed by atoms with Crippen LogP contribution in [0.3, 0.4) is 0 Å². The first-order valence-corrected chi connectivity index (χ1v) is 4.61. The summed E-state index contributed by atoms with van der Waals surface area (Å²) in [6.07, 6.45) is 3.16. The predicted molar refractivity (Wildman–Crippen MR) is 52.0 cm³/mol. The van der Waals surface area contributed by atoms with Gasteiger partial charge in [0.1, 0.15) is 0 Å². The molecule has 2 nitrogen and oxygen atoms in total. The van der Waals surface area contributed by atoms with Gasteiger partial charge in [-0.2, -0.15) is 0 Å². The highest BCUT2D eigenvalue weighted by Crippen LogP contribution is 2.08. The molecule has 0 radical (unpaired) electrons. The van der Waals surface area contributed by atoms with E-state index in [2.05, 4.69) is 13.0 Å². The summed E-state index contributed by atoms with van der Waals surface area (Å²) in [6.45, 7) is 9.44. The van der Waals surface area contributed by atoms with Gasteiger partial charge < -0.3 is 4.90 Å². The number of rotatable bonds is 0. The Balaban J connectivity index is 0.000000561. The van der Waals surface area contributed by atoms with Crippen LogP contribution in [0.1, 0.15) is 34.1 Å². The highest BCUT2D eigenvalue weighted by Gasteiger charge is 2.10. The van der Waals surface area contributed by atoms with Crippen molar-refractivity contribution in [2.45, 2.75) is 34.1 Å². The number of carbonyl (C=O) groups excluding carboxylic acids is 1. The second kappa shape index (κ2) is 5.81. The van der Waals surface area contributed by atoms with E-state index in [1.54, 1.807) is 6.92 Å². The smallest absolute Gasteiger partial charge is 0.219 e. The Hall–Kier alpha value is -0.790. The molecule has 0 aromatic rings. The van der Waals surface area contributed by atoms with Crippen LogP contribution < -0.4 is 0 Å². The van der Waals surface area contributed by atoms with Crippen molar-refractivity contribution < 1.29 is 4.79 Å². The van der Waals surface area contributed by atoms with Gasteiger partial charge in [-0.15, -0.1) is 0 Å². The van der Waals surface area contributed by atoms with Crippen molar-refractivity contribution >= 4 is 5.91 Å². The molecule has 0 saturated carbocycles. The molecule has 0 N–H and O–H groups in total. The van der Waals surface area contributed by atoms with Gasteiger partial charge in [-0.3, -0.25) is 4.79 Å². The number of hydrogen-bond acceptors (Lipinski definition) is 1. The van der Waals surface area contributed by atoms with Gasteiger partial charge in [-0.25, -0.2) is 0 Å². The van der Waals surface area contributed by atoms with Crippen LogP contribution in [0.5, 0.6) is 0 Å². The molecule has 2 heteroatoms. The van der Waals surface area contributed by atoms with Crippen LogP contribution in [0.4, 0.5) is 0 Å². The molecular formula is C10H19NO. The third-order valence-corrected chi connectivity index (χ3v) is 1.88. The lowest BCUT2D eigenvalue weighted by molar-refractivity contribution is -0.128. The molecule has 0 fully saturated rings. The fraction of sp³-hybridized carbons (Fsp3) is 0.700. The van der Waals surface area contributed by atoms with E-state index in [0.29, 0.717) is 0 Å². The molecule has 1 heterocycles. The van der Waals surface area contributed by atoms with E-state index in [4.69, 9.17) is 0 Å². The first-order chi connectivity index (χ1) is 5.70. The average Bonchev–Trinajstić information content (AvgIpc) is 2.09. The van der Waals surface area contributed by atoms with Crippen molar-refractivity contribution in [3.8, 4) is 0 Å². The molecule has 0 atom stereocenters. The van der Waals surface area contributed by atoms with Gasteiger partial charge in [-0.1, -0.05) is 25.5 Å². The van der Waals surface area contributed by atoms with E-state index in [9.17, 15) is 4.79 Å². The maximum atomic E-state index is 10.8. The normalized spacial score (nSPS) is 16.0. The van der Waals surface area contributed by atoms with Crippen molar-refractivity contribution in [2.24, 2.45) is 0 Å². The molecular weight excluding hydrogens is 150 g/mol. The van der Waals surface area contributed by atoms with Gasteiger partial charge in [0, 0.05) is 20.0 Å². The zero-order chi connectivity index (χ0) is 9.56. The van der Waals surface area contributed by atoms with Crippen LogP contribution in [0.25, 0.3) is 0 Å². The summed E-state index contributed by atoms with van der Waals surface area (Å²) in [5, 5.41) is 0. The van der Waals surface area contributed by atoms with Gasteiger partial charge in [-0.05, 0) is 13.3 Å². The van der Waals surface area contributed by atoms with Gasteiger partial charge in [0.15, 0.2) is 0 Å². The first-order valence-electron chi connectivity index (χ1n) is 4.61. The second-order valence-electron chi connectivity index (χ2n) is 2.77. The summed E-state index contributed by atoms with van der Waals surface area (Å²) in [5.41, 5.74) is 1.40. The molecule has 1 rings (SSSR count). The van der Waals surface area contributed by atoms with Crippen LogP contribution in [-0.2, 0) is 4.79 Å². The van der Waals surface area contributed by atoms with E-state index < -0.39 is 0 Å². The van der Waals surface area contributed by atoms with E-state index in [0.717, 1.165) is 19.5 Å². The molecule has 70 valence electrons. The minimum atomic E-state index is 0.184. The van der Waals surface area contributed by atoms with E-state index >= 15 is 0 Å². The van der Waals surface area contributed by atoms with Gasteiger partial charge >= 0.3 is 0 Å². The molecule has 12 heavy (non-hydrogen) atoms. The Kier molecular flexibility index (Phi) is 5.43. The minimum absolute atomic E-state index is 0.184. The summed E-state index contributed by atoms with van der Waals surface area (Å²) in [6, 6.07) is 0. The van der Waals surface area contributed by atoms with Crippen molar-refractivity contribution in [1.29, 1.82) is 0 Å². The number of hydrogen-bond donors (Lipinski definition) is 0. The highest BCUT2D eigenvalue weighted by atomic mass is 16.2. The van der Waals surface area contributed by atoms with Gasteiger partial charge in [0.25, 0.3) is 0 Å². The van der Waals surface area contributed by atoms with Gasteiger partial charge in [0.2, 0.25) is 5.91 Å². The Morgan fingerprint density at radius 1 is 1.50 bits per heavy atom. The van der Waals surface area contributed by atoms with Crippen LogP contribution in [0.2, 0.25) is 0 Å². The molecule has 0 aliphatic carbocycles. The maximum Gasteiger partial charge on any atom is 0.219 e. The highest BCUT2D eigenvalue weighted by molar-refractivity contribution is 5.73. The fourth-order valence-corrected chi connectivity index (χ4v) is 1.06. The van der Waals surface area contributed by atoms with Gasteiger partial charge in [0.05, 0.1) is 0 Å². The van der Waals surface area contributed by atoms with Crippen molar-refractivity contribution in [2.75, 3.05) is 13.1 Å². The van der Waals surface area contributed by atoms with Crippen molar-refractivity contribution in [3.05, 3.63) is 11.6 Å². The predicted octanol–water partition coefficient (Wildman–Crippen LogP) is 2.21. The summed E-state index contributed by atoms with van der Waals surface area (Å²) in [7, 11) is 0. The lowest BCUT2D eigenvalue weighted by Crippen LogP contribution is -2.32. The Morgan fingerprint density at radius 2 is 2.08 bits per heavy atom. The van der Waals surface area contributed by atoms with Crippen LogP contribution in [0, 0.1) is 0 Å². The monoisotopic (exact) mass is 169 g/mol. The molecule has 0 bridgehead atoms. The zero-order valence-corrected chi connectivity index (χ0v) is 8.55. The molecule has 0 aromatic heterocycles. The third-order valence-electron chi connectivity index (χ3n) is 1.88. The van der Waals surface area contributed by atoms with Crippen molar-refractivity contribution in [3.63, 3.8) is 0 Å². The van der Waals surface area contributed by atoms with E-state index in [1.807, 2.05) is 18.7 Å². The first kappa shape index (κ1) is 11.2. The fourth-order valence-electron chi connectivity index (χ4n) is 1.06. The lowest BCUT2D eigenvalue weighted by Gasteiger charge is -2.23. The third kappa shape index (κ3) is 3.56. The lowest BCUT2D eigenvalue weighted by atomic mass is 10.1. The average molecular weight is 169 g/mol. The largest absolute Gasteiger partial charge is 0.339 e. The SMILES string of the molecule is CC.CC(=O)N1CC=C(C)CC1. The summed E-state index contributed by atoms with van der Waals surface area (Å²) < 4.78 is 0. The second-order valence-corrected chi connectivity index (χ2v) is 2.77. The molecule has 1 amide bonds. The van der Waals surface area contributed by atoms with Crippen molar-refractivity contribution in [1.82, 2.24) is 4.90 Å². The Labute approximate surface area is 75.3 Å². The zero-order valence-electron chi connectivity index (χ0n) is 8.55. The summed E-state index contributed by atoms with van der Waals surface area (Å²) >= 11 is 0. The maximum absolute atomic E-state index is 10.8. The topological polar surface area (TPSA) is 20.3 Å². The summed E-state index contributed by atoms with van der Waals surface area (Å²) in [4.78, 5) is 12.7. The van der Waals surface area contributed by atoms with Crippen LogP contribution in [-0.4, -0.2) is 23.9 Å². The van der Waals surface area contributed by atoms with E-state index in [1.165, 1.54) is 5.57 Å². The standard InChI is InChI=1S/C8H13NO.C2H6/c1-7-3-5-9(6-4-7)8(2)10;1-2/h3H,4-6H2,1-2H3;1-2H3. The van der Waals surface area contributed by atoms with Crippen LogP contribution in [0.15, 0.2) is 11.6 Å².